The topological polar surface area (TPSA) is 111 Å². The molecular formula is C25H26N6O2. The number of nitrogens with zero attached hydrogens (tertiary/aromatic N) is 2. The number of aromatic nitrogens is 4. The monoisotopic (exact) mass is 442 g/mol. The minimum absolute atomic E-state index is 0.00931. The molecule has 0 saturated carbocycles. The number of H-pyrrole nitrogens is 2. The van der Waals surface area contributed by atoms with Crippen LogP contribution in [0.15, 0.2) is 60.9 Å². The van der Waals surface area contributed by atoms with E-state index in [4.69, 9.17) is 4.74 Å². The third kappa shape index (κ3) is 4.61. The normalized spacial score (nSPS) is 11.2. The number of ether oxygens (including phenoxy) is 1. The van der Waals surface area contributed by atoms with E-state index in [1.807, 2.05) is 55.6 Å². The molecule has 0 aliphatic rings. The van der Waals surface area contributed by atoms with Gasteiger partial charge in [0.25, 0.3) is 0 Å². The lowest BCUT2D eigenvalue weighted by Crippen LogP contribution is -2.08. The quantitative estimate of drug-likeness (QED) is 0.226. The molecular weight excluding hydrogens is 416 g/mol. The summed E-state index contributed by atoms with van der Waals surface area (Å²) in [4.78, 5) is 15.4. The predicted octanol–water partition coefficient (Wildman–Crippen LogP) is 4.73. The summed E-state index contributed by atoms with van der Waals surface area (Å²) in [5, 5.41) is 18.2. The molecule has 0 saturated heterocycles. The van der Waals surface area contributed by atoms with Gasteiger partial charge in [0.1, 0.15) is 11.6 Å². The van der Waals surface area contributed by atoms with Crippen molar-refractivity contribution in [2.24, 2.45) is 0 Å². The van der Waals surface area contributed by atoms with Crippen molar-refractivity contribution in [2.45, 2.75) is 20.0 Å². The van der Waals surface area contributed by atoms with Gasteiger partial charge in [-0.3, -0.25) is 0 Å². The molecule has 0 amide bonds. The first-order valence-corrected chi connectivity index (χ1v) is 11.0. The summed E-state index contributed by atoms with van der Waals surface area (Å²) in [6.45, 7) is 3.33. The Hall–Kier alpha value is -4.04. The zero-order chi connectivity index (χ0) is 22.6. The molecule has 2 aromatic carbocycles. The molecule has 5 N–H and O–H groups in total. The highest BCUT2D eigenvalue weighted by atomic mass is 16.5. The van der Waals surface area contributed by atoms with E-state index in [-0.39, 0.29) is 6.61 Å². The second kappa shape index (κ2) is 9.22. The van der Waals surface area contributed by atoms with E-state index in [2.05, 4.69) is 36.6 Å². The fraction of sp³-hybridized carbons (Fsp3) is 0.200. The SMILES string of the molecule is CCOc1ccc2[nH]cc(CCNc3nccc(Nc4ccc5[nH]c(CO)cc5c4)n3)c2c1. The van der Waals surface area contributed by atoms with Gasteiger partial charge >= 0.3 is 0 Å². The van der Waals surface area contributed by atoms with E-state index in [0.29, 0.717) is 24.9 Å². The lowest BCUT2D eigenvalue weighted by Gasteiger charge is -2.09. The lowest BCUT2D eigenvalue weighted by atomic mass is 10.1. The van der Waals surface area contributed by atoms with Crippen LogP contribution in [0.25, 0.3) is 21.8 Å². The number of aliphatic hydroxyl groups excluding tert-OH is 1. The van der Waals surface area contributed by atoms with Gasteiger partial charge in [-0.05, 0) is 67.4 Å². The van der Waals surface area contributed by atoms with E-state index in [1.165, 1.54) is 10.9 Å². The number of aromatic amines is 2. The standard InChI is InChI=1S/C25H26N6O2/c1-2-33-20-4-6-23-21(13-20)16(14-28-23)7-9-26-25-27-10-8-24(31-25)30-18-3-5-22-17(11-18)12-19(15-32)29-22/h3-6,8,10-14,28-29,32H,2,7,9,15H2,1H3,(H2,26,27,30,31). The van der Waals surface area contributed by atoms with Crippen LogP contribution in [0.4, 0.5) is 17.5 Å². The molecule has 0 aliphatic heterocycles. The van der Waals surface area contributed by atoms with Crippen molar-refractivity contribution in [1.29, 1.82) is 0 Å². The van der Waals surface area contributed by atoms with Crippen molar-refractivity contribution in [3.8, 4) is 5.75 Å². The summed E-state index contributed by atoms with van der Waals surface area (Å²) in [6, 6.07) is 15.9. The molecule has 168 valence electrons. The van der Waals surface area contributed by atoms with Crippen molar-refractivity contribution in [1.82, 2.24) is 19.9 Å². The molecule has 3 heterocycles. The molecule has 0 atom stereocenters. The molecule has 0 unspecified atom stereocenters. The van der Waals surface area contributed by atoms with Crippen LogP contribution in [0, 0.1) is 0 Å². The molecule has 3 aromatic heterocycles. The van der Waals surface area contributed by atoms with Crippen LogP contribution in [0.2, 0.25) is 0 Å². The molecule has 8 heteroatoms. The van der Waals surface area contributed by atoms with Crippen LogP contribution in [-0.2, 0) is 13.0 Å². The van der Waals surface area contributed by atoms with Crippen LogP contribution in [0.3, 0.4) is 0 Å². The summed E-state index contributed by atoms with van der Waals surface area (Å²) in [5.74, 6) is 2.16. The van der Waals surface area contributed by atoms with Gasteiger partial charge in [-0.1, -0.05) is 0 Å². The Morgan fingerprint density at radius 3 is 2.85 bits per heavy atom. The Morgan fingerprint density at radius 1 is 1.06 bits per heavy atom. The Bertz CT molecular complexity index is 1390. The molecule has 0 bridgehead atoms. The molecule has 8 nitrogen and oxygen atoms in total. The highest BCUT2D eigenvalue weighted by Gasteiger charge is 2.07. The van der Waals surface area contributed by atoms with E-state index in [0.717, 1.165) is 40.0 Å². The lowest BCUT2D eigenvalue weighted by molar-refractivity contribution is 0.278. The number of nitrogens with one attached hydrogen (secondary N) is 4. The third-order valence-corrected chi connectivity index (χ3v) is 5.50. The summed E-state index contributed by atoms with van der Waals surface area (Å²) >= 11 is 0. The predicted molar refractivity (Wildman–Crippen MR) is 131 cm³/mol. The van der Waals surface area contributed by atoms with E-state index in [9.17, 15) is 5.11 Å². The minimum atomic E-state index is -0.00931. The van der Waals surface area contributed by atoms with Crippen molar-refractivity contribution >= 4 is 39.3 Å². The summed E-state index contributed by atoms with van der Waals surface area (Å²) in [7, 11) is 0. The number of hydrogen-bond donors (Lipinski definition) is 5. The first kappa shape index (κ1) is 20.8. The van der Waals surface area contributed by atoms with E-state index < -0.39 is 0 Å². The summed E-state index contributed by atoms with van der Waals surface area (Å²) in [6.07, 6.45) is 4.60. The first-order chi connectivity index (χ1) is 16.2. The van der Waals surface area contributed by atoms with Crippen LogP contribution < -0.4 is 15.4 Å². The van der Waals surface area contributed by atoms with Crippen LogP contribution >= 0.6 is 0 Å². The minimum Gasteiger partial charge on any atom is -0.494 e. The van der Waals surface area contributed by atoms with Crippen molar-refractivity contribution in [2.75, 3.05) is 23.8 Å². The fourth-order valence-electron chi connectivity index (χ4n) is 3.95. The van der Waals surface area contributed by atoms with E-state index >= 15 is 0 Å². The van der Waals surface area contributed by atoms with Gasteiger partial charge in [-0.25, -0.2) is 4.98 Å². The number of rotatable bonds is 9. The maximum Gasteiger partial charge on any atom is 0.224 e. The second-order valence-corrected chi connectivity index (χ2v) is 7.78. The second-order valence-electron chi connectivity index (χ2n) is 7.78. The molecule has 5 rings (SSSR count). The Morgan fingerprint density at radius 2 is 1.97 bits per heavy atom. The van der Waals surface area contributed by atoms with Crippen LogP contribution in [0.5, 0.6) is 5.75 Å². The first-order valence-electron chi connectivity index (χ1n) is 11.0. The number of benzene rings is 2. The van der Waals surface area contributed by atoms with E-state index in [1.54, 1.807) is 6.20 Å². The van der Waals surface area contributed by atoms with Gasteiger partial charge in [0.2, 0.25) is 5.95 Å². The maximum absolute atomic E-state index is 9.31. The van der Waals surface area contributed by atoms with Gasteiger partial charge in [0, 0.05) is 52.1 Å². The van der Waals surface area contributed by atoms with Gasteiger partial charge < -0.3 is 30.4 Å². The summed E-state index contributed by atoms with van der Waals surface area (Å²) in [5.41, 5.74) is 5.01. The van der Waals surface area contributed by atoms with Crippen molar-refractivity contribution < 1.29 is 9.84 Å². The van der Waals surface area contributed by atoms with Crippen LogP contribution in [0.1, 0.15) is 18.2 Å². The van der Waals surface area contributed by atoms with Gasteiger partial charge in [-0.2, -0.15) is 4.98 Å². The zero-order valence-corrected chi connectivity index (χ0v) is 18.4. The van der Waals surface area contributed by atoms with Gasteiger partial charge in [0.05, 0.1) is 13.2 Å². The third-order valence-electron chi connectivity index (χ3n) is 5.50. The fourth-order valence-corrected chi connectivity index (χ4v) is 3.95. The van der Waals surface area contributed by atoms with Gasteiger partial charge in [-0.15, -0.1) is 0 Å². The van der Waals surface area contributed by atoms with Crippen molar-refractivity contribution in [3.63, 3.8) is 0 Å². The zero-order valence-electron chi connectivity index (χ0n) is 18.4. The number of fused-ring (bicyclic) bond motifs is 2. The molecule has 33 heavy (non-hydrogen) atoms. The Balaban J connectivity index is 1.24. The smallest absolute Gasteiger partial charge is 0.224 e. The largest absolute Gasteiger partial charge is 0.494 e. The Kier molecular flexibility index (Phi) is 5.82. The molecule has 0 radical (unpaired) electrons. The average Bonchev–Trinajstić information content (AvgIpc) is 3.43. The molecule has 0 fully saturated rings. The average molecular weight is 443 g/mol. The van der Waals surface area contributed by atoms with Crippen molar-refractivity contribution in [3.05, 3.63) is 72.2 Å². The number of aliphatic hydroxyl groups is 1. The maximum atomic E-state index is 9.31. The summed E-state index contributed by atoms with van der Waals surface area (Å²) < 4.78 is 5.64. The van der Waals surface area contributed by atoms with Crippen LogP contribution in [-0.4, -0.2) is 38.2 Å². The number of hydrogen-bond acceptors (Lipinski definition) is 6. The number of anilines is 3. The molecule has 5 aromatic rings. The molecule has 0 aliphatic carbocycles. The Labute approximate surface area is 191 Å². The highest BCUT2D eigenvalue weighted by molar-refractivity contribution is 5.85. The molecule has 0 spiro atoms. The highest BCUT2D eigenvalue weighted by Crippen LogP contribution is 2.25. The van der Waals surface area contributed by atoms with Gasteiger partial charge in [0.15, 0.2) is 0 Å².